The molecule has 0 radical (unpaired) electrons. The summed E-state index contributed by atoms with van der Waals surface area (Å²) in [5, 5.41) is 10.3. The summed E-state index contributed by atoms with van der Waals surface area (Å²) in [6.07, 6.45) is 3.72. The molecule has 0 aliphatic carbocycles. The topological polar surface area (TPSA) is 99.8 Å². The van der Waals surface area contributed by atoms with Gasteiger partial charge in [0, 0.05) is 32.2 Å². The number of sulfonamides is 1. The Hall–Kier alpha value is -0.880. The van der Waals surface area contributed by atoms with Crippen molar-refractivity contribution < 1.29 is 12.9 Å². The highest BCUT2D eigenvalue weighted by atomic mass is 127. The number of aromatic nitrogens is 1. The van der Waals surface area contributed by atoms with Gasteiger partial charge >= 0.3 is 0 Å². The van der Waals surface area contributed by atoms with Gasteiger partial charge in [0.05, 0.1) is 12.3 Å². The van der Waals surface area contributed by atoms with Crippen LogP contribution in [-0.4, -0.2) is 55.8 Å². The minimum absolute atomic E-state index is 0. The van der Waals surface area contributed by atoms with Crippen LogP contribution in [0.15, 0.2) is 21.8 Å². The fourth-order valence-electron chi connectivity index (χ4n) is 2.56. The molecule has 8 nitrogen and oxygen atoms in total. The van der Waals surface area contributed by atoms with Crippen LogP contribution < -0.4 is 10.6 Å². The Labute approximate surface area is 160 Å². The maximum Gasteiger partial charge on any atom is 0.214 e. The average molecular weight is 471 g/mol. The third-order valence-electron chi connectivity index (χ3n) is 3.80. The summed E-state index contributed by atoms with van der Waals surface area (Å²) in [6.45, 7) is 3.52. The second kappa shape index (κ2) is 10.2. The van der Waals surface area contributed by atoms with Crippen molar-refractivity contribution in [2.24, 2.45) is 4.99 Å². The van der Waals surface area contributed by atoms with Gasteiger partial charge in [0.1, 0.15) is 12.0 Å². The van der Waals surface area contributed by atoms with Crippen LogP contribution in [0, 0.1) is 0 Å². The molecular formula is C14H26IN5O3S. The molecular weight excluding hydrogens is 445 g/mol. The fourth-order valence-corrected chi connectivity index (χ4v) is 4.10. The van der Waals surface area contributed by atoms with Gasteiger partial charge in [0.15, 0.2) is 5.96 Å². The minimum Gasteiger partial charge on any atom is -0.364 e. The number of guanidine groups is 1. The van der Waals surface area contributed by atoms with Gasteiger partial charge in [-0.05, 0) is 19.3 Å². The highest BCUT2D eigenvalue weighted by molar-refractivity contribution is 14.0. The third kappa shape index (κ3) is 6.20. The van der Waals surface area contributed by atoms with Gasteiger partial charge < -0.3 is 15.2 Å². The van der Waals surface area contributed by atoms with Crippen molar-refractivity contribution in [3.8, 4) is 0 Å². The predicted molar refractivity (Wildman–Crippen MR) is 104 cm³/mol. The van der Waals surface area contributed by atoms with Crippen molar-refractivity contribution in [3.63, 3.8) is 0 Å². The second-order valence-electron chi connectivity index (χ2n) is 5.55. The Kier molecular flexibility index (Phi) is 8.98. The van der Waals surface area contributed by atoms with Crippen LogP contribution in [0.25, 0.3) is 0 Å². The van der Waals surface area contributed by atoms with Crippen molar-refractivity contribution in [3.05, 3.63) is 18.0 Å². The number of nitrogens with one attached hydrogen (secondary N) is 2. The largest absolute Gasteiger partial charge is 0.364 e. The first-order valence-electron chi connectivity index (χ1n) is 7.89. The van der Waals surface area contributed by atoms with Gasteiger partial charge in [-0.1, -0.05) is 12.1 Å². The Morgan fingerprint density at radius 1 is 1.46 bits per heavy atom. The number of nitrogens with zero attached hydrogens (tertiary/aromatic N) is 3. The molecule has 10 heteroatoms. The van der Waals surface area contributed by atoms with Gasteiger partial charge in [-0.25, -0.2) is 12.7 Å². The first-order valence-corrected chi connectivity index (χ1v) is 9.50. The zero-order valence-corrected chi connectivity index (χ0v) is 17.2. The number of rotatable bonds is 6. The highest BCUT2D eigenvalue weighted by Crippen LogP contribution is 2.15. The lowest BCUT2D eigenvalue weighted by molar-refractivity contribution is 0.306. The quantitative estimate of drug-likeness (QED) is 0.367. The zero-order chi connectivity index (χ0) is 16.7. The van der Waals surface area contributed by atoms with Crippen LogP contribution in [0.5, 0.6) is 0 Å². The van der Waals surface area contributed by atoms with E-state index in [-0.39, 0.29) is 35.8 Å². The smallest absolute Gasteiger partial charge is 0.214 e. The Bertz CT molecular complexity index is 598. The van der Waals surface area contributed by atoms with E-state index in [2.05, 4.69) is 20.8 Å². The molecule has 1 fully saturated rings. The lowest BCUT2D eigenvalue weighted by atomic mass is 10.1. The van der Waals surface area contributed by atoms with Crippen LogP contribution in [0.3, 0.4) is 0 Å². The molecule has 0 aromatic carbocycles. The number of hydrogen-bond acceptors (Lipinski definition) is 5. The lowest BCUT2D eigenvalue weighted by Crippen LogP contribution is -2.49. The molecule has 1 aliphatic rings. The molecule has 1 aromatic heterocycles. The van der Waals surface area contributed by atoms with Crippen LogP contribution in [0.2, 0.25) is 0 Å². The Balaban J connectivity index is 0.00000288. The first-order chi connectivity index (χ1) is 11.0. The Morgan fingerprint density at radius 2 is 2.17 bits per heavy atom. The molecule has 1 aliphatic heterocycles. The van der Waals surface area contributed by atoms with E-state index in [9.17, 15) is 8.42 Å². The predicted octanol–water partition coefficient (Wildman–Crippen LogP) is 1.16. The molecule has 0 saturated carbocycles. The summed E-state index contributed by atoms with van der Waals surface area (Å²) >= 11 is 0. The van der Waals surface area contributed by atoms with E-state index < -0.39 is 10.0 Å². The molecule has 24 heavy (non-hydrogen) atoms. The van der Waals surface area contributed by atoms with Crippen LogP contribution in [-0.2, 0) is 16.6 Å². The van der Waals surface area contributed by atoms with E-state index >= 15 is 0 Å². The standard InChI is InChI=1S/C14H25N5O3S.HI/c1-3-10-23(20,21)19-7-4-12(5-8-19)17-14(15-2)16-11-13-6-9-22-18-13;/h6,9,12H,3-5,7-8,10-11H2,1-2H3,(H2,15,16,17);1H. The number of piperidine rings is 1. The third-order valence-corrected chi connectivity index (χ3v) is 5.88. The van der Waals surface area contributed by atoms with E-state index in [4.69, 9.17) is 4.52 Å². The number of hydrogen-bond donors (Lipinski definition) is 2. The number of halogens is 1. The summed E-state index contributed by atoms with van der Waals surface area (Å²) < 4.78 is 30.5. The molecule has 1 aromatic rings. The molecule has 2 rings (SSSR count). The van der Waals surface area contributed by atoms with Crippen LogP contribution in [0.4, 0.5) is 0 Å². The van der Waals surface area contributed by atoms with Gasteiger partial charge in [-0.15, -0.1) is 24.0 Å². The average Bonchev–Trinajstić information content (AvgIpc) is 3.05. The van der Waals surface area contributed by atoms with Gasteiger partial charge in [-0.3, -0.25) is 4.99 Å². The second-order valence-corrected chi connectivity index (χ2v) is 7.64. The Morgan fingerprint density at radius 3 is 2.71 bits per heavy atom. The minimum atomic E-state index is -3.09. The van der Waals surface area contributed by atoms with Gasteiger partial charge in [-0.2, -0.15) is 0 Å². The molecule has 0 unspecified atom stereocenters. The van der Waals surface area contributed by atoms with E-state index in [1.165, 1.54) is 6.26 Å². The first kappa shape index (κ1) is 21.2. The van der Waals surface area contributed by atoms with E-state index in [1.54, 1.807) is 17.4 Å². The molecule has 138 valence electrons. The maximum absolute atomic E-state index is 12.1. The van der Waals surface area contributed by atoms with Crippen LogP contribution >= 0.6 is 24.0 Å². The molecule has 1 saturated heterocycles. The summed E-state index contributed by atoms with van der Waals surface area (Å²) in [5.74, 6) is 0.911. The summed E-state index contributed by atoms with van der Waals surface area (Å²) in [6, 6.07) is 2.00. The van der Waals surface area contributed by atoms with E-state index in [0.717, 1.165) is 18.5 Å². The van der Waals surface area contributed by atoms with E-state index in [1.807, 2.05) is 6.92 Å². The maximum atomic E-state index is 12.1. The molecule has 0 amide bonds. The summed E-state index contributed by atoms with van der Waals surface area (Å²) in [7, 11) is -1.38. The monoisotopic (exact) mass is 471 g/mol. The van der Waals surface area contributed by atoms with Crippen LogP contribution in [0.1, 0.15) is 31.9 Å². The fraction of sp³-hybridized carbons (Fsp3) is 0.714. The van der Waals surface area contributed by atoms with Crippen molar-refractivity contribution in [2.45, 2.75) is 38.8 Å². The SMILES string of the molecule is CCCS(=O)(=O)N1CCC(NC(=NC)NCc2ccon2)CC1.I. The molecule has 0 bridgehead atoms. The van der Waals surface area contributed by atoms with E-state index in [0.29, 0.717) is 32.0 Å². The molecule has 0 spiro atoms. The van der Waals surface area contributed by atoms with Crippen molar-refractivity contribution >= 4 is 40.0 Å². The summed E-state index contributed by atoms with van der Waals surface area (Å²) in [4.78, 5) is 4.18. The van der Waals surface area contributed by atoms with Crippen molar-refractivity contribution in [1.82, 2.24) is 20.1 Å². The lowest BCUT2D eigenvalue weighted by Gasteiger charge is -2.32. The van der Waals surface area contributed by atoms with Crippen molar-refractivity contribution in [2.75, 3.05) is 25.9 Å². The number of aliphatic imine (C=N–C) groups is 1. The zero-order valence-electron chi connectivity index (χ0n) is 14.1. The normalized spacial score (nSPS) is 17.3. The van der Waals surface area contributed by atoms with Crippen molar-refractivity contribution in [1.29, 1.82) is 0 Å². The highest BCUT2D eigenvalue weighted by Gasteiger charge is 2.27. The molecule has 2 N–H and O–H groups in total. The van der Waals surface area contributed by atoms with Gasteiger partial charge in [0.2, 0.25) is 10.0 Å². The van der Waals surface area contributed by atoms with Gasteiger partial charge in [0.25, 0.3) is 0 Å². The summed E-state index contributed by atoms with van der Waals surface area (Å²) in [5.41, 5.74) is 0.799. The molecule has 2 heterocycles. The molecule has 0 atom stereocenters.